The molecule has 2 aromatic carbocycles. The van der Waals surface area contributed by atoms with E-state index in [1.807, 2.05) is 19.1 Å². The van der Waals surface area contributed by atoms with Crippen LogP contribution in [0.2, 0.25) is 0 Å². The quantitative estimate of drug-likeness (QED) is 0.0951. The van der Waals surface area contributed by atoms with Crippen LogP contribution < -0.4 is 0 Å². The molecule has 1 saturated heterocycles. The topological polar surface area (TPSA) is 57.6 Å². The number of nitrogens with zero attached hydrogens (tertiary/aromatic N) is 1. The van der Waals surface area contributed by atoms with Crippen LogP contribution in [-0.4, -0.2) is 28.2 Å². The first-order chi connectivity index (χ1) is 18.9. The zero-order valence-corrected chi connectivity index (χ0v) is 23.9. The predicted octanol–water partition coefficient (Wildman–Crippen LogP) is 9.04. The largest absolute Gasteiger partial charge is 0.507 e. The van der Waals surface area contributed by atoms with Crippen molar-refractivity contribution in [3.8, 4) is 0 Å². The van der Waals surface area contributed by atoms with E-state index >= 15 is 0 Å². The Morgan fingerprint density at radius 1 is 0.744 bits per heavy atom. The first-order valence-electron chi connectivity index (χ1n) is 15.0. The van der Waals surface area contributed by atoms with Gasteiger partial charge in [0.05, 0.1) is 11.6 Å². The van der Waals surface area contributed by atoms with E-state index in [4.69, 9.17) is 0 Å². The zero-order chi connectivity index (χ0) is 28.0. The van der Waals surface area contributed by atoms with Gasteiger partial charge >= 0.3 is 0 Å². The van der Waals surface area contributed by atoms with Crippen LogP contribution in [0.5, 0.6) is 0 Å². The van der Waals surface area contributed by atoms with Crippen molar-refractivity contribution in [3.63, 3.8) is 0 Å². The van der Waals surface area contributed by atoms with Crippen molar-refractivity contribution >= 4 is 17.4 Å². The van der Waals surface area contributed by atoms with Gasteiger partial charge in [-0.2, -0.15) is 0 Å². The van der Waals surface area contributed by atoms with Gasteiger partial charge in [-0.25, -0.2) is 4.39 Å². The Morgan fingerprint density at radius 3 is 1.74 bits per heavy atom. The van der Waals surface area contributed by atoms with Gasteiger partial charge in [-0.3, -0.25) is 9.59 Å². The van der Waals surface area contributed by atoms with Crippen LogP contribution in [0.4, 0.5) is 4.39 Å². The number of hydrogen-bond acceptors (Lipinski definition) is 3. The molecule has 3 rings (SSSR count). The number of ketones is 1. The molecule has 0 saturated carbocycles. The second-order valence-corrected chi connectivity index (χ2v) is 11.0. The maximum Gasteiger partial charge on any atom is 0.295 e. The minimum absolute atomic E-state index is 0.0702. The molecule has 1 aliphatic rings. The summed E-state index contributed by atoms with van der Waals surface area (Å²) in [5, 5.41) is 11.1. The van der Waals surface area contributed by atoms with Gasteiger partial charge in [0, 0.05) is 12.1 Å². The molecule has 0 radical (unpaired) electrons. The average Bonchev–Trinajstić information content (AvgIpc) is 3.18. The number of unbranched alkanes of at least 4 members (excludes halogenated alkanes) is 13. The van der Waals surface area contributed by atoms with Gasteiger partial charge < -0.3 is 10.0 Å². The second-order valence-electron chi connectivity index (χ2n) is 11.0. The molecule has 1 fully saturated rings. The zero-order valence-electron chi connectivity index (χ0n) is 23.9. The van der Waals surface area contributed by atoms with Crippen molar-refractivity contribution in [1.82, 2.24) is 4.90 Å². The fraction of sp³-hybridized carbons (Fsp3) is 0.529. The fourth-order valence-electron chi connectivity index (χ4n) is 5.45. The van der Waals surface area contributed by atoms with Crippen LogP contribution in [0.1, 0.15) is 120 Å². The number of likely N-dealkylation sites (tertiary alicyclic amines) is 1. The highest BCUT2D eigenvalue weighted by Crippen LogP contribution is 2.39. The molecule has 0 aromatic heterocycles. The van der Waals surface area contributed by atoms with E-state index in [2.05, 4.69) is 6.92 Å². The Hall–Kier alpha value is -2.95. The third-order valence-electron chi connectivity index (χ3n) is 7.80. The molecule has 1 N–H and O–H groups in total. The number of aryl methyl sites for hydroxylation is 1. The van der Waals surface area contributed by atoms with E-state index in [1.165, 1.54) is 82.8 Å². The summed E-state index contributed by atoms with van der Waals surface area (Å²) in [6, 6.07) is 12.3. The second kappa shape index (κ2) is 16.2. The summed E-state index contributed by atoms with van der Waals surface area (Å²) in [7, 11) is 0. The number of rotatable bonds is 17. The Labute approximate surface area is 234 Å². The van der Waals surface area contributed by atoms with Crippen molar-refractivity contribution < 1.29 is 19.1 Å². The predicted molar refractivity (Wildman–Crippen MR) is 157 cm³/mol. The highest BCUT2D eigenvalue weighted by atomic mass is 19.1. The molecular weight excluding hydrogens is 489 g/mol. The number of Topliss-reactive ketones (excluding diaryl/α,β-unsaturated/α-hetero) is 1. The lowest BCUT2D eigenvalue weighted by Crippen LogP contribution is -2.30. The molecule has 4 nitrogen and oxygen atoms in total. The van der Waals surface area contributed by atoms with Crippen LogP contribution in [-0.2, 0) is 9.59 Å². The van der Waals surface area contributed by atoms with E-state index in [0.717, 1.165) is 24.8 Å². The van der Waals surface area contributed by atoms with Gasteiger partial charge in [0.25, 0.3) is 11.7 Å². The van der Waals surface area contributed by atoms with Crippen LogP contribution in [0, 0.1) is 12.7 Å². The Bertz CT molecular complexity index is 1070. The Kier molecular flexibility index (Phi) is 12.7. The standard InChI is InChI=1S/C34H46FNO3/c1-3-4-5-6-7-8-9-10-11-12-13-14-15-16-25-36-31(27-21-23-29(35)24-22-27)30(33(38)34(36)39)32(37)28-19-17-26(2)18-20-28/h17-24,31,37H,3-16,25H2,1-2H3/b32-30+/t31-/m0/s1. The molecule has 1 aliphatic heterocycles. The van der Waals surface area contributed by atoms with E-state index in [9.17, 15) is 19.1 Å². The van der Waals surface area contributed by atoms with Crippen molar-refractivity contribution in [2.24, 2.45) is 0 Å². The molecule has 1 heterocycles. The summed E-state index contributed by atoms with van der Waals surface area (Å²) in [5.41, 5.74) is 2.21. The lowest BCUT2D eigenvalue weighted by atomic mass is 9.95. The molecule has 0 aliphatic carbocycles. The first kappa shape index (κ1) is 30.6. The number of carbonyl (C=O) groups excluding carboxylic acids is 2. The lowest BCUT2D eigenvalue weighted by Gasteiger charge is -2.25. The van der Waals surface area contributed by atoms with E-state index < -0.39 is 17.7 Å². The van der Waals surface area contributed by atoms with Crippen molar-refractivity contribution in [1.29, 1.82) is 0 Å². The number of aliphatic hydroxyl groups is 1. The van der Waals surface area contributed by atoms with Crippen LogP contribution >= 0.6 is 0 Å². The smallest absolute Gasteiger partial charge is 0.295 e. The first-order valence-corrected chi connectivity index (χ1v) is 15.0. The lowest BCUT2D eigenvalue weighted by molar-refractivity contribution is -0.139. The van der Waals surface area contributed by atoms with Crippen molar-refractivity contribution in [2.45, 2.75) is 110 Å². The number of benzene rings is 2. The third-order valence-corrected chi connectivity index (χ3v) is 7.80. The third kappa shape index (κ3) is 9.05. The summed E-state index contributed by atoms with van der Waals surface area (Å²) in [6.45, 7) is 4.62. The summed E-state index contributed by atoms with van der Waals surface area (Å²) < 4.78 is 13.7. The highest BCUT2D eigenvalue weighted by molar-refractivity contribution is 6.46. The summed E-state index contributed by atoms with van der Waals surface area (Å²) in [5.74, 6) is -1.87. The van der Waals surface area contributed by atoms with Crippen LogP contribution in [0.3, 0.4) is 0 Å². The summed E-state index contributed by atoms with van der Waals surface area (Å²) in [4.78, 5) is 27.7. The van der Waals surface area contributed by atoms with E-state index in [0.29, 0.717) is 17.7 Å². The van der Waals surface area contributed by atoms with Crippen molar-refractivity contribution in [3.05, 3.63) is 76.6 Å². The highest BCUT2D eigenvalue weighted by Gasteiger charge is 2.45. The fourth-order valence-corrected chi connectivity index (χ4v) is 5.45. The van der Waals surface area contributed by atoms with Crippen LogP contribution in [0.15, 0.2) is 54.1 Å². The molecule has 5 heteroatoms. The van der Waals surface area contributed by atoms with Gasteiger partial charge in [-0.05, 0) is 31.0 Å². The molecule has 1 atom stereocenters. The molecule has 0 spiro atoms. The molecule has 1 amide bonds. The molecule has 0 bridgehead atoms. The van der Waals surface area contributed by atoms with Gasteiger partial charge in [0.1, 0.15) is 11.6 Å². The Balaban J connectivity index is 1.52. The van der Waals surface area contributed by atoms with Gasteiger partial charge in [0.15, 0.2) is 0 Å². The minimum Gasteiger partial charge on any atom is -0.507 e. The molecular formula is C34H46FNO3. The number of amides is 1. The van der Waals surface area contributed by atoms with Gasteiger partial charge in [-0.15, -0.1) is 0 Å². The number of carbonyl (C=O) groups is 2. The van der Waals surface area contributed by atoms with Gasteiger partial charge in [0.2, 0.25) is 0 Å². The number of halogens is 1. The van der Waals surface area contributed by atoms with Gasteiger partial charge in [-0.1, -0.05) is 132 Å². The van der Waals surface area contributed by atoms with E-state index in [-0.39, 0.29) is 17.1 Å². The number of aliphatic hydroxyl groups excluding tert-OH is 1. The minimum atomic E-state index is -0.728. The van der Waals surface area contributed by atoms with Crippen molar-refractivity contribution in [2.75, 3.05) is 6.54 Å². The van der Waals surface area contributed by atoms with E-state index in [1.54, 1.807) is 29.2 Å². The maximum absolute atomic E-state index is 13.7. The molecule has 212 valence electrons. The Morgan fingerprint density at radius 2 is 1.23 bits per heavy atom. The maximum atomic E-state index is 13.7. The summed E-state index contributed by atoms with van der Waals surface area (Å²) in [6.07, 6.45) is 17.4. The normalized spacial score (nSPS) is 16.8. The molecule has 0 unspecified atom stereocenters. The molecule has 2 aromatic rings. The monoisotopic (exact) mass is 535 g/mol. The summed E-state index contributed by atoms with van der Waals surface area (Å²) >= 11 is 0. The van der Waals surface area contributed by atoms with Crippen LogP contribution in [0.25, 0.3) is 5.76 Å². The average molecular weight is 536 g/mol. The number of hydrogen-bond donors (Lipinski definition) is 1. The SMILES string of the molecule is CCCCCCCCCCCCCCCCN1C(=O)C(=O)/C(=C(/O)c2ccc(C)cc2)[C@@H]1c1ccc(F)cc1. The molecule has 39 heavy (non-hydrogen) atoms.